The Kier molecular flexibility index (Phi) is 5.23. The summed E-state index contributed by atoms with van der Waals surface area (Å²) >= 11 is 6.56. The maximum absolute atomic E-state index is 4.64. The first-order valence-corrected chi connectivity index (χ1v) is 10.7. The van der Waals surface area contributed by atoms with E-state index in [1.54, 1.807) is 11.8 Å². The highest BCUT2D eigenvalue weighted by Crippen LogP contribution is 2.41. The zero-order valence-electron chi connectivity index (χ0n) is 13.2. The second-order valence-corrected chi connectivity index (χ2v) is 8.71. The average Bonchev–Trinajstić information content (AvgIpc) is 3.08. The minimum absolute atomic E-state index is 0.576. The Morgan fingerprint density at radius 3 is 2.92 bits per heavy atom. The van der Waals surface area contributed by atoms with Crippen LogP contribution < -0.4 is 0 Å². The highest BCUT2D eigenvalue weighted by molar-refractivity contribution is 9.10. The molecule has 6 heteroatoms. The molecule has 0 spiro atoms. The Labute approximate surface area is 159 Å². The van der Waals surface area contributed by atoms with Gasteiger partial charge in [0.05, 0.1) is 23.2 Å². The van der Waals surface area contributed by atoms with E-state index in [-0.39, 0.29) is 0 Å². The fraction of sp³-hybridized carbons (Fsp3) is 0.444. The van der Waals surface area contributed by atoms with Gasteiger partial charge in [0, 0.05) is 22.5 Å². The van der Waals surface area contributed by atoms with Gasteiger partial charge >= 0.3 is 0 Å². The Hall–Kier alpha value is -0.870. The molecule has 124 valence electrons. The molecule has 2 aromatic rings. The van der Waals surface area contributed by atoms with Gasteiger partial charge in [-0.15, -0.1) is 0 Å². The number of rotatable bonds is 3. The van der Waals surface area contributed by atoms with Crippen molar-refractivity contribution in [3.8, 4) is 11.8 Å². The first-order valence-electron chi connectivity index (χ1n) is 8.21. The highest BCUT2D eigenvalue weighted by Gasteiger charge is 2.37. The fourth-order valence-electron chi connectivity index (χ4n) is 3.60. The van der Waals surface area contributed by atoms with E-state index in [2.05, 4.69) is 41.4 Å². The average molecular weight is 420 g/mol. The largest absolute Gasteiger partial charge is 0.303 e. The van der Waals surface area contributed by atoms with Gasteiger partial charge in [0.1, 0.15) is 5.03 Å². The third-order valence-electron chi connectivity index (χ3n) is 4.83. The lowest BCUT2D eigenvalue weighted by molar-refractivity contribution is 0.0846. The Bertz CT molecular complexity index is 772. The minimum Gasteiger partial charge on any atom is -0.303 e. The lowest BCUT2D eigenvalue weighted by atomic mass is 9.78. The third-order valence-corrected chi connectivity index (χ3v) is 6.84. The van der Waals surface area contributed by atoms with Crippen molar-refractivity contribution in [2.24, 2.45) is 5.92 Å². The van der Waals surface area contributed by atoms with E-state index in [1.807, 2.05) is 24.3 Å². The number of hydrogen-bond donors (Lipinski definition) is 0. The van der Waals surface area contributed by atoms with E-state index in [9.17, 15) is 0 Å². The van der Waals surface area contributed by atoms with Gasteiger partial charge in [-0.2, -0.15) is 8.75 Å². The maximum atomic E-state index is 4.64. The second kappa shape index (κ2) is 7.57. The predicted molar refractivity (Wildman–Crippen MR) is 104 cm³/mol. The smallest absolute Gasteiger partial charge is 0.134 e. The molecule has 5 rings (SSSR count). The van der Waals surface area contributed by atoms with Crippen LogP contribution in [0, 0.1) is 17.8 Å². The highest BCUT2D eigenvalue weighted by atomic mass is 79.9. The molecule has 3 aliphatic heterocycles. The molecule has 1 aromatic carbocycles. The first kappa shape index (κ1) is 16.6. The molecule has 4 heterocycles. The molecule has 3 saturated heterocycles. The van der Waals surface area contributed by atoms with Gasteiger partial charge in [0.2, 0.25) is 0 Å². The molecule has 1 atom stereocenters. The van der Waals surface area contributed by atoms with E-state index in [4.69, 9.17) is 0 Å². The van der Waals surface area contributed by atoms with Gasteiger partial charge in [-0.25, -0.2) is 0 Å². The number of nitrogens with zero attached hydrogens (tertiary/aromatic N) is 3. The minimum atomic E-state index is 0.576. The molecular formula is C18H18BrN3S2. The van der Waals surface area contributed by atoms with Crippen LogP contribution in [0.1, 0.15) is 30.0 Å². The predicted octanol–water partition coefficient (Wildman–Crippen LogP) is 4.25. The van der Waals surface area contributed by atoms with E-state index in [1.165, 1.54) is 43.4 Å². The van der Waals surface area contributed by atoms with Gasteiger partial charge < -0.3 is 4.90 Å². The van der Waals surface area contributed by atoms with Crippen molar-refractivity contribution in [1.82, 2.24) is 13.6 Å². The summed E-state index contributed by atoms with van der Waals surface area (Å²) in [7, 11) is 0. The quantitative estimate of drug-likeness (QED) is 0.548. The number of hydrogen-bond acceptors (Lipinski definition) is 5. The molecule has 0 N–H and O–H groups in total. The standard InChI is InChI=1S/C18H18BrN3S2/c19-15-5-1-3-13(11-15)4-2-10-23-18-17(20-24-21-18)16-12-22-8-6-14(16)7-9-22/h1,3,5,11,14,16H,6-10,12H2/t16-/m1/s1. The van der Waals surface area contributed by atoms with Crippen LogP contribution in [0.3, 0.4) is 0 Å². The topological polar surface area (TPSA) is 29.0 Å². The van der Waals surface area contributed by atoms with Crippen LogP contribution in [0.25, 0.3) is 0 Å². The zero-order chi connectivity index (χ0) is 16.4. The summed E-state index contributed by atoms with van der Waals surface area (Å²) in [6.07, 6.45) is 2.63. The van der Waals surface area contributed by atoms with Gasteiger partial charge in [-0.05, 0) is 50.0 Å². The molecule has 1 aromatic heterocycles. The Morgan fingerprint density at radius 1 is 1.29 bits per heavy atom. The lowest BCUT2D eigenvalue weighted by Gasteiger charge is -2.44. The van der Waals surface area contributed by atoms with Gasteiger partial charge in [0.25, 0.3) is 0 Å². The monoisotopic (exact) mass is 419 g/mol. The molecule has 0 saturated carbocycles. The van der Waals surface area contributed by atoms with Crippen molar-refractivity contribution in [2.75, 3.05) is 25.4 Å². The second-order valence-electron chi connectivity index (χ2n) is 6.30. The number of benzene rings is 1. The molecule has 0 radical (unpaired) electrons. The fourth-order valence-corrected chi connectivity index (χ4v) is 5.51. The summed E-state index contributed by atoms with van der Waals surface area (Å²) in [5, 5.41) is 1.10. The van der Waals surface area contributed by atoms with Crippen LogP contribution in [0.5, 0.6) is 0 Å². The summed E-state index contributed by atoms with van der Waals surface area (Å²) in [4.78, 5) is 2.57. The van der Waals surface area contributed by atoms with Crippen LogP contribution in [0.4, 0.5) is 0 Å². The summed E-state index contributed by atoms with van der Waals surface area (Å²) < 4.78 is 10.2. The molecule has 24 heavy (non-hydrogen) atoms. The molecule has 0 amide bonds. The summed E-state index contributed by atoms with van der Waals surface area (Å²) in [6.45, 7) is 3.69. The Morgan fingerprint density at radius 2 is 2.17 bits per heavy atom. The van der Waals surface area contributed by atoms with Crippen molar-refractivity contribution >= 4 is 39.4 Å². The molecule has 2 bridgehead atoms. The maximum Gasteiger partial charge on any atom is 0.134 e. The van der Waals surface area contributed by atoms with E-state index >= 15 is 0 Å². The van der Waals surface area contributed by atoms with Gasteiger partial charge in [-0.3, -0.25) is 0 Å². The van der Waals surface area contributed by atoms with Gasteiger partial charge in [0.15, 0.2) is 0 Å². The first-order chi connectivity index (χ1) is 11.8. The zero-order valence-corrected chi connectivity index (χ0v) is 16.5. The van der Waals surface area contributed by atoms with E-state index < -0.39 is 0 Å². The van der Waals surface area contributed by atoms with E-state index in [0.717, 1.165) is 33.3 Å². The van der Waals surface area contributed by atoms with Crippen LogP contribution in [-0.4, -0.2) is 39.0 Å². The number of thioether (sulfide) groups is 1. The summed E-state index contributed by atoms with van der Waals surface area (Å²) in [6, 6.07) is 8.10. The third kappa shape index (κ3) is 3.70. The lowest BCUT2D eigenvalue weighted by Crippen LogP contribution is -2.46. The number of piperidine rings is 3. The van der Waals surface area contributed by atoms with Crippen molar-refractivity contribution in [3.05, 3.63) is 40.0 Å². The molecule has 3 nitrogen and oxygen atoms in total. The number of aromatic nitrogens is 2. The summed E-state index contributed by atoms with van der Waals surface area (Å²) in [5.41, 5.74) is 2.27. The van der Waals surface area contributed by atoms with Crippen LogP contribution in [0.2, 0.25) is 0 Å². The number of halogens is 1. The van der Waals surface area contributed by atoms with Crippen molar-refractivity contribution in [2.45, 2.75) is 23.8 Å². The van der Waals surface area contributed by atoms with Crippen LogP contribution in [0.15, 0.2) is 33.8 Å². The van der Waals surface area contributed by atoms with Crippen molar-refractivity contribution in [3.63, 3.8) is 0 Å². The Balaban J connectivity index is 1.41. The number of fused-ring (bicyclic) bond motifs is 3. The van der Waals surface area contributed by atoms with Crippen LogP contribution in [-0.2, 0) is 0 Å². The molecule has 3 fully saturated rings. The van der Waals surface area contributed by atoms with Crippen LogP contribution >= 0.6 is 39.4 Å². The summed E-state index contributed by atoms with van der Waals surface area (Å²) in [5.74, 6) is 8.60. The molecule has 0 unspecified atom stereocenters. The molecular weight excluding hydrogens is 402 g/mol. The van der Waals surface area contributed by atoms with Gasteiger partial charge in [-0.1, -0.05) is 45.6 Å². The molecule has 0 aliphatic carbocycles. The van der Waals surface area contributed by atoms with Crippen molar-refractivity contribution in [1.29, 1.82) is 0 Å². The van der Waals surface area contributed by atoms with E-state index in [0.29, 0.717) is 5.92 Å². The SMILES string of the molecule is Brc1cccc(C#CCSc2nsnc2[C@@H]2CN3CCC2CC3)c1. The normalized spacial score (nSPS) is 25.3. The molecule has 3 aliphatic rings. The van der Waals surface area contributed by atoms with Crippen molar-refractivity contribution < 1.29 is 0 Å².